The van der Waals surface area contributed by atoms with E-state index in [2.05, 4.69) is 102 Å². The van der Waals surface area contributed by atoms with Gasteiger partial charge in [0.1, 0.15) is 0 Å². The van der Waals surface area contributed by atoms with E-state index in [-0.39, 0.29) is 0 Å². The summed E-state index contributed by atoms with van der Waals surface area (Å²) in [4.78, 5) is 2.19. The van der Waals surface area contributed by atoms with Gasteiger partial charge in [-0.3, -0.25) is 0 Å². The van der Waals surface area contributed by atoms with Crippen LogP contribution in [0.4, 0.5) is 11.4 Å². The van der Waals surface area contributed by atoms with Gasteiger partial charge in [0.25, 0.3) is 0 Å². The van der Waals surface area contributed by atoms with E-state index in [1.807, 2.05) is 0 Å². The molecule has 21 heavy (non-hydrogen) atoms. The normalized spacial score (nSPS) is 10.6. The Hall–Kier alpha value is -1.76. The number of rotatable bonds is 2. The highest BCUT2D eigenvalue weighted by molar-refractivity contribution is 5.62. The van der Waals surface area contributed by atoms with Gasteiger partial charge in [-0.05, 0) is 43.5 Å². The van der Waals surface area contributed by atoms with E-state index >= 15 is 0 Å². The molecule has 0 saturated heterocycles. The largest absolute Gasteiger partial charge is 0.345 e. The zero-order valence-corrected chi connectivity index (χ0v) is 14.6. The van der Waals surface area contributed by atoms with Gasteiger partial charge in [0.2, 0.25) is 0 Å². The summed E-state index contributed by atoms with van der Waals surface area (Å²) in [6, 6.07) is 17.1. The van der Waals surface area contributed by atoms with Crippen LogP contribution in [-0.4, -0.2) is 7.05 Å². The van der Waals surface area contributed by atoms with Crippen LogP contribution in [0.3, 0.4) is 0 Å². The van der Waals surface area contributed by atoms with Crippen LogP contribution in [-0.2, 0) is 0 Å². The summed E-state index contributed by atoms with van der Waals surface area (Å²) < 4.78 is 0. The first-order valence-electron chi connectivity index (χ1n) is 7.54. The third-order valence-corrected chi connectivity index (χ3v) is 2.84. The van der Waals surface area contributed by atoms with Crippen molar-refractivity contribution < 1.29 is 0 Å². The fourth-order valence-electron chi connectivity index (χ4n) is 1.69. The molecule has 0 unspecified atom stereocenters. The molecule has 0 N–H and O–H groups in total. The number of aryl methyl sites for hydroxylation is 2. The molecule has 0 radical (unpaired) electrons. The fraction of sp³-hybridized carbons (Fsp3) is 0.400. The molecule has 2 aromatic carbocycles. The van der Waals surface area contributed by atoms with Crippen LogP contribution in [0.5, 0.6) is 0 Å². The molecule has 114 valence electrons. The lowest BCUT2D eigenvalue weighted by atomic mass is 10.0. The van der Waals surface area contributed by atoms with E-state index in [0.717, 1.165) is 0 Å². The third kappa shape index (κ3) is 6.99. The van der Waals surface area contributed by atoms with Gasteiger partial charge in [-0.2, -0.15) is 0 Å². The smallest absolute Gasteiger partial charge is 0.0408 e. The van der Waals surface area contributed by atoms with E-state index in [0.29, 0.717) is 5.41 Å². The van der Waals surface area contributed by atoms with Gasteiger partial charge in [0.15, 0.2) is 0 Å². The molecule has 0 heterocycles. The molecule has 0 atom stereocenters. The number of benzene rings is 2. The van der Waals surface area contributed by atoms with Crippen molar-refractivity contribution in [3.05, 3.63) is 59.7 Å². The minimum Gasteiger partial charge on any atom is -0.345 e. The Morgan fingerprint density at radius 1 is 0.619 bits per heavy atom. The van der Waals surface area contributed by atoms with Crippen LogP contribution < -0.4 is 4.90 Å². The predicted molar refractivity (Wildman–Crippen MR) is 95.6 cm³/mol. The molecule has 0 fully saturated rings. The molecular weight excluding hydrogens is 254 g/mol. The standard InChI is InChI=1S/C15H17N.C5H12/c1-12-4-8-14(9-5-12)16(3)15-10-6-13(2)7-11-15;1-5(2,3)4/h4-11H,1-3H3;1-4H3. The monoisotopic (exact) mass is 283 g/mol. The lowest BCUT2D eigenvalue weighted by Crippen LogP contribution is -2.08. The van der Waals surface area contributed by atoms with E-state index in [9.17, 15) is 0 Å². The van der Waals surface area contributed by atoms with Crippen molar-refractivity contribution in [2.75, 3.05) is 11.9 Å². The predicted octanol–water partition coefficient (Wildman–Crippen LogP) is 6.12. The topological polar surface area (TPSA) is 3.24 Å². The Bertz CT molecular complexity index is 478. The van der Waals surface area contributed by atoms with Crippen LogP contribution >= 0.6 is 0 Å². The summed E-state index contributed by atoms with van der Waals surface area (Å²) >= 11 is 0. The lowest BCUT2D eigenvalue weighted by molar-refractivity contribution is 0.469. The molecule has 0 aliphatic rings. The number of nitrogens with zero attached hydrogens (tertiary/aromatic N) is 1. The molecule has 0 aromatic heterocycles. The summed E-state index contributed by atoms with van der Waals surface area (Å²) in [6.45, 7) is 13.0. The summed E-state index contributed by atoms with van der Waals surface area (Å²) in [7, 11) is 2.09. The first-order valence-corrected chi connectivity index (χ1v) is 7.54. The van der Waals surface area contributed by atoms with Crippen LogP contribution in [0.1, 0.15) is 38.8 Å². The van der Waals surface area contributed by atoms with Crippen molar-refractivity contribution in [2.45, 2.75) is 41.5 Å². The zero-order valence-electron chi connectivity index (χ0n) is 14.6. The van der Waals surface area contributed by atoms with Gasteiger partial charge >= 0.3 is 0 Å². The Kier molecular flexibility index (Phi) is 6.02. The Morgan fingerprint density at radius 3 is 1.10 bits per heavy atom. The summed E-state index contributed by atoms with van der Waals surface area (Å²) in [5.41, 5.74) is 5.52. The van der Waals surface area contributed by atoms with Crippen molar-refractivity contribution in [2.24, 2.45) is 5.41 Å². The van der Waals surface area contributed by atoms with Crippen molar-refractivity contribution in [1.29, 1.82) is 0 Å². The second kappa shape index (κ2) is 7.31. The minimum absolute atomic E-state index is 0.500. The molecule has 0 spiro atoms. The van der Waals surface area contributed by atoms with E-state index in [1.165, 1.54) is 22.5 Å². The highest BCUT2D eigenvalue weighted by Crippen LogP contribution is 2.23. The van der Waals surface area contributed by atoms with Crippen LogP contribution in [0.15, 0.2) is 48.5 Å². The van der Waals surface area contributed by atoms with Crippen LogP contribution in [0.25, 0.3) is 0 Å². The quantitative estimate of drug-likeness (QED) is 0.641. The molecule has 0 aliphatic carbocycles. The Morgan fingerprint density at radius 2 is 0.857 bits per heavy atom. The zero-order chi connectivity index (χ0) is 16.0. The van der Waals surface area contributed by atoms with E-state index in [4.69, 9.17) is 0 Å². The van der Waals surface area contributed by atoms with E-state index < -0.39 is 0 Å². The Balaban J connectivity index is 0.000000383. The molecule has 2 aromatic rings. The number of hydrogen-bond donors (Lipinski definition) is 0. The van der Waals surface area contributed by atoms with Crippen molar-refractivity contribution in [3.8, 4) is 0 Å². The molecule has 1 heteroatoms. The van der Waals surface area contributed by atoms with Crippen LogP contribution in [0.2, 0.25) is 0 Å². The van der Waals surface area contributed by atoms with Crippen LogP contribution in [0, 0.1) is 19.3 Å². The Labute approximate surface area is 130 Å². The molecule has 0 amide bonds. The van der Waals surface area contributed by atoms with Crippen molar-refractivity contribution in [3.63, 3.8) is 0 Å². The SMILES string of the molecule is CC(C)(C)C.Cc1ccc(N(C)c2ccc(C)cc2)cc1. The van der Waals surface area contributed by atoms with Gasteiger partial charge in [0, 0.05) is 18.4 Å². The second-order valence-corrected chi connectivity index (χ2v) is 7.23. The van der Waals surface area contributed by atoms with Gasteiger partial charge in [-0.25, -0.2) is 0 Å². The molecule has 0 saturated carbocycles. The average molecular weight is 283 g/mol. The summed E-state index contributed by atoms with van der Waals surface area (Å²) in [5, 5.41) is 0. The van der Waals surface area contributed by atoms with E-state index in [1.54, 1.807) is 0 Å². The molecule has 0 aliphatic heterocycles. The summed E-state index contributed by atoms with van der Waals surface area (Å²) in [5.74, 6) is 0. The lowest BCUT2D eigenvalue weighted by Gasteiger charge is -2.19. The minimum atomic E-state index is 0.500. The maximum atomic E-state index is 2.19. The van der Waals surface area contributed by atoms with Gasteiger partial charge in [0.05, 0.1) is 0 Å². The number of hydrogen-bond acceptors (Lipinski definition) is 1. The fourth-order valence-corrected chi connectivity index (χ4v) is 1.69. The van der Waals surface area contributed by atoms with Gasteiger partial charge < -0.3 is 4.90 Å². The molecule has 1 nitrogen and oxygen atoms in total. The number of anilines is 2. The highest BCUT2D eigenvalue weighted by atomic mass is 15.1. The second-order valence-electron chi connectivity index (χ2n) is 7.23. The molecule has 2 rings (SSSR count). The molecule has 0 bridgehead atoms. The maximum Gasteiger partial charge on any atom is 0.0408 e. The molecular formula is C20H29N. The highest BCUT2D eigenvalue weighted by Gasteiger charge is 2.02. The van der Waals surface area contributed by atoms with Gasteiger partial charge in [-0.15, -0.1) is 0 Å². The van der Waals surface area contributed by atoms with Crippen molar-refractivity contribution >= 4 is 11.4 Å². The first-order chi connectivity index (χ1) is 9.66. The first kappa shape index (κ1) is 17.3. The summed E-state index contributed by atoms with van der Waals surface area (Å²) in [6.07, 6.45) is 0. The van der Waals surface area contributed by atoms with Gasteiger partial charge in [-0.1, -0.05) is 63.1 Å². The third-order valence-electron chi connectivity index (χ3n) is 2.84. The maximum absolute atomic E-state index is 2.19. The van der Waals surface area contributed by atoms with Crippen molar-refractivity contribution in [1.82, 2.24) is 0 Å². The average Bonchev–Trinajstić information content (AvgIpc) is 2.38.